The van der Waals surface area contributed by atoms with Gasteiger partial charge < -0.3 is 15.3 Å². The molecule has 0 spiro atoms. The number of aliphatic hydroxyl groups is 1. The molecule has 22 heavy (non-hydrogen) atoms. The van der Waals surface area contributed by atoms with Gasteiger partial charge >= 0.3 is 0 Å². The first-order chi connectivity index (χ1) is 10.8. The second-order valence-electron chi connectivity index (χ2n) is 7.17. The van der Waals surface area contributed by atoms with Crippen molar-refractivity contribution in [2.75, 3.05) is 24.5 Å². The number of rotatable bonds is 4. The van der Waals surface area contributed by atoms with Crippen molar-refractivity contribution in [2.45, 2.75) is 57.1 Å². The van der Waals surface area contributed by atoms with Gasteiger partial charge in [0.15, 0.2) is 5.82 Å². The second-order valence-corrected chi connectivity index (χ2v) is 7.17. The van der Waals surface area contributed by atoms with Crippen molar-refractivity contribution in [2.24, 2.45) is 5.92 Å². The van der Waals surface area contributed by atoms with E-state index in [0.29, 0.717) is 12.0 Å². The van der Waals surface area contributed by atoms with Gasteiger partial charge in [-0.25, -0.2) is 0 Å². The molecule has 2 atom stereocenters. The lowest BCUT2D eigenvalue weighted by Gasteiger charge is -2.41. The Kier molecular flexibility index (Phi) is 4.01. The maximum absolute atomic E-state index is 10.0. The Morgan fingerprint density at radius 3 is 2.86 bits per heavy atom. The highest BCUT2D eigenvalue weighted by Gasteiger charge is 2.30. The number of fused-ring (bicyclic) bond motifs is 1. The van der Waals surface area contributed by atoms with E-state index in [-0.39, 0.29) is 6.10 Å². The van der Waals surface area contributed by atoms with Gasteiger partial charge in [0, 0.05) is 31.6 Å². The van der Waals surface area contributed by atoms with Gasteiger partial charge in [0.05, 0.1) is 11.8 Å². The van der Waals surface area contributed by atoms with Gasteiger partial charge in [0.25, 0.3) is 0 Å². The van der Waals surface area contributed by atoms with Crippen molar-refractivity contribution >= 4 is 5.82 Å². The Bertz CT molecular complexity index is 529. The summed E-state index contributed by atoms with van der Waals surface area (Å²) < 4.78 is 0. The van der Waals surface area contributed by atoms with Crippen LogP contribution in [0.5, 0.6) is 0 Å². The first kappa shape index (κ1) is 14.4. The van der Waals surface area contributed by atoms with E-state index in [2.05, 4.69) is 26.5 Å². The first-order valence-electron chi connectivity index (χ1n) is 8.81. The predicted molar refractivity (Wildman–Crippen MR) is 86.0 cm³/mol. The van der Waals surface area contributed by atoms with Gasteiger partial charge in [-0.05, 0) is 43.7 Å². The maximum atomic E-state index is 10.0. The molecule has 1 aromatic heterocycles. The first-order valence-corrected chi connectivity index (χ1v) is 8.81. The van der Waals surface area contributed by atoms with E-state index in [1.54, 1.807) is 0 Å². The zero-order valence-corrected chi connectivity index (χ0v) is 13.2. The summed E-state index contributed by atoms with van der Waals surface area (Å²) in [6.07, 6.45) is 7.84. The number of aryl methyl sites for hydroxylation is 2. The molecular formula is C17H26N4O. The molecule has 0 amide bonds. The van der Waals surface area contributed by atoms with Crippen LogP contribution in [0.15, 0.2) is 6.07 Å². The summed E-state index contributed by atoms with van der Waals surface area (Å²) in [5, 5.41) is 22.3. The molecular weight excluding hydrogens is 276 g/mol. The molecule has 2 N–H and O–H groups in total. The molecule has 2 fully saturated rings. The Labute approximate surface area is 132 Å². The van der Waals surface area contributed by atoms with E-state index in [1.807, 2.05) is 0 Å². The smallest absolute Gasteiger partial charge is 0.151 e. The van der Waals surface area contributed by atoms with E-state index in [1.165, 1.54) is 30.5 Å². The Balaban J connectivity index is 1.25. The van der Waals surface area contributed by atoms with Crippen molar-refractivity contribution in [1.82, 2.24) is 15.5 Å². The number of aromatic nitrogens is 2. The summed E-state index contributed by atoms with van der Waals surface area (Å²) in [4.78, 5) is 2.33. The molecule has 5 nitrogen and oxygen atoms in total. The second kappa shape index (κ2) is 6.13. The summed E-state index contributed by atoms with van der Waals surface area (Å²) >= 11 is 0. The van der Waals surface area contributed by atoms with Gasteiger partial charge in [-0.2, -0.15) is 5.10 Å². The highest BCUT2D eigenvalue weighted by atomic mass is 16.3. The number of nitrogens with one attached hydrogen (secondary N) is 1. The molecule has 0 aromatic carbocycles. The molecule has 5 heteroatoms. The fraction of sp³-hybridized carbons (Fsp3) is 0.765. The van der Waals surface area contributed by atoms with E-state index < -0.39 is 0 Å². The van der Waals surface area contributed by atoms with E-state index in [9.17, 15) is 5.11 Å². The molecule has 0 radical (unpaired) electrons. The summed E-state index contributed by atoms with van der Waals surface area (Å²) in [6, 6.07) is 2.55. The molecule has 120 valence electrons. The molecule has 4 rings (SSSR count). The average molecular weight is 302 g/mol. The Hall–Kier alpha value is -1.20. The molecule has 3 aliphatic rings. The number of hydrogen-bond donors (Lipinski definition) is 2. The van der Waals surface area contributed by atoms with Crippen LogP contribution in [0.2, 0.25) is 0 Å². The van der Waals surface area contributed by atoms with Gasteiger partial charge in [-0.1, -0.05) is 12.8 Å². The van der Waals surface area contributed by atoms with Crippen LogP contribution in [-0.2, 0) is 12.8 Å². The SMILES string of the molecule is OC1CCCCC1NCC1CN(c2cc3c(nn2)CCC3)C1. The zero-order chi connectivity index (χ0) is 14.9. The molecule has 2 unspecified atom stereocenters. The Morgan fingerprint density at radius 2 is 2.00 bits per heavy atom. The van der Waals surface area contributed by atoms with Crippen molar-refractivity contribution < 1.29 is 5.11 Å². The predicted octanol–water partition coefficient (Wildman–Crippen LogP) is 1.29. The molecule has 2 aliphatic carbocycles. The molecule has 1 saturated heterocycles. The standard InChI is InChI=1S/C17H26N4O/c22-16-7-2-1-5-15(16)18-9-12-10-21(11-12)17-8-13-4-3-6-14(13)19-20-17/h8,12,15-16,18,22H,1-7,9-11H2. The van der Waals surface area contributed by atoms with Crippen molar-refractivity contribution in [3.63, 3.8) is 0 Å². The van der Waals surface area contributed by atoms with Crippen LogP contribution in [0.25, 0.3) is 0 Å². The third-order valence-corrected chi connectivity index (χ3v) is 5.49. The highest BCUT2D eigenvalue weighted by molar-refractivity contribution is 5.45. The van der Waals surface area contributed by atoms with Crippen molar-refractivity contribution in [3.8, 4) is 0 Å². The zero-order valence-electron chi connectivity index (χ0n) is 13.2. The lowest BCUT2D eigenvalue weighted by Crippen LogP contribution is -2.54. The summed E-state index contributed by atoms with van der Waals surface area (Å²) in [5.74, 6) is 1.72. The lowest BCUT2D eigenvalue weighted by molar-refractivity contribution is 0.0879. The summed E-state index contributed by atoms with van der Waals surface area (Å²) in [5.41, 5.74) is 2.60. The van der Waals surface area contributed by atoms with Gasteiger partial charge in [-0.3, -0.25) is 0 Å². The number of aliphatic hydroxyl groups excluding tert-OH is 1. The van der Waals surface area contributed by atoms with Gasteiger partial charge in [0.2, 0.25) is 0 Å². The molecule has 0 bridgehead atoms. The molecule has 1 aromatic rings. The molecule has 2 heterocycles. The van der Waals surface area contributed by atoms with Crippen LogP contribution >= 0.6 is 0 Å². The van der Waals surface area contributed by atoms with Crippen LogP contribution in [0.1, 0.15) is 43.4 Å². The van der Waals surface area contributed by atoms with Crippen molar-refractivity contribution in [3.05, 3.63) is 17.3 Å². The minimum atomic E-state index is -0.146. The van der Waals surface area contributed by atoms with E-state index in [4.69, 9.17) is 0 Å². The number of anilines is 1. The van der Waals surface area contributed by atoms with E-state index >= 15 is 0 Å². The largest absolute Gasteiger partial charge is 0.392 e. The van der Waals surface area contributed by atoms with Crippen LogP contribution < -0.4 is 10.2 Å². The van der Waals surface area contributed by atoms with Gasteiger partial charge in [0.1, 0.15) is 0 Å². The maximum Gasteiger partial charge on any atom is 0.151 e. The van der Waals surface area contributed by atoms with E-state index in [0.717, 1.165) is 51.1 Å². The third-order valence-electron chi connectivity index (χ3n) is 5.49. The third kappa shape index (κ3) is 2.84. The normalized spacial score (nSPS) is 28.5. The minimum Gasteiger partial charge on any atom is -0.392 e. The average Bonchev–Trinajstić information content (AvgIpc) is 2.95. The van der Waals surface area contributed by atoms with Crippen LogP contribution in [0.4, 0.5) is 5.82 Å². The molecule has 1 aliphatic heterocycles. The van der Waals surface area contributed by atoms with Crippen LogP contribution in [0, 0.1) is 5.92 Å². The van der Waals surface area contributed by atoms with Gasteiger partial charge in [-0.15, -0.1) is 5.10 Å². The van der Waals surface area contributed by atoms with Crippen molar-refractivity contribution in [1.29, 1.82) is 0 Å². The van der Waals surface area contributed by atoms with Crippen LogP contribution in [-0.4, -0.2) is 47.1 Å². The van der Waals surface area contributed by atoms with Crippen LogP contribution in [0.3, 0.4) is 0 Å². The fourth-order valence-electron chi connectivity index (χ4n) is 4.03. The highest BCUT2D eigenvalue weighted by Crippen LogP contribution is 2.27. The quantitative estimate of drug-likeness (QED) is 0.878. The Morgan fingerprint density at radius 1 is 1.14 bits per heavy atom. The monoisotopic (exact) mass is 302 g/mol. The molecule has 1 saturated carbocycles. The topological polar surface area (TPSA) is 61.3 Å². The summed E-state index contributed by atoms with van der Waals surface area (Å²) in [6.45, 7) is 3.13. The summed E-state index contributed by atoms with van der Waals surface area (Å²) in [7, 11) is 0. The fourth-order valence-corrected chi connectivity index (χ4v) is 4.03. The number of nitrogens with zero attached hydrogens (tertiary/aromatic N) is 3. The lowest BCUT2D eigenvalue weighted by atomic mass is 9.91. The minimum absolute atomic E-state index is 0.146. The number of hydrogen-bond acceptors (Lipinski definition) is 5.